The first-order valence-corrected chi connectivity index (χ1v) is 12.1. The molecular formula is C27H36O7. The van der Waals surface area contributed by atoms with Gasteiger partial charge in [-0.1, -0.05) is 50.2 Å². The molecule has 0 unspecified atom stereocenters. The van der Waals surface area contributed by atoms with Gasteiger partial charge >= 0.3 is 5.97 Å². The van der Waals surface area contributed by atoms with E-state index in [0.717, 1.165) is 29.2 Å². The van der Waals surface area contributed by atoms with E-state index in [1.54, 1.807) is 14.0 Å². The van der Waals surface area contributed by atoms with Crippen LogP contribution in [0.2, 0.25) is 0 Å². The molecule has 7 atom stereocenters. The second kappa shape index (κ2) is 10.7. The predicted octanol–water partition coefficient (Wildman–Crippen LogP) is 4.61. The van der Waals surface area contributed by atoms with Gasteiger partial charge in [0.2, 0.25) is 0 Å². The summed E-state index contributed by atoms with van der Waals surface area (Å²) in [5.41, 5.74) is 0.972. The van der Waals surface area contributed by atoms with Gasteiger partial charge in [0.1, 0.15) is 12.9 Å². The number of fused-ring (bicyclic) bond motifs is 1. The van der Waals surface area contributed by atoms with Gasteiger partial charge in [-0.3, -0.25) is 4.79 Å². The van der Waals surface area contributed by atoms with Crippen LogP contribution in [0.25, 0.3) is 10.8 Å². The van der Waals surface area contributed by atoms with Gasteiger partial charge in [-0.15, -0.1) is 0 Å². The molecule has 1 spiro atoms. The maximum atomic E-state index is 12.1. The lowest BCUT2D eigenvalue weighted by Gasteiger charge is -2.51. The predicted molar refractivity (Wildman–Crippen MR) is 127 cm³/mol. The average molecular weight is 473 g/mol. The van der Waals surface area contributed by atoms with Crippen molar-refractivity contribution in [3.05, 3.63) is 48.0 Å². The highest BCUT2D eigenvalue weighted by molar-refractivity contribution is 5.82. The summed E-state index contributed by atoms with van der Waals surface area (Å²) in [6, 6.07) is 14.3. The second-order valence-electron chi connectivity index (χ2n) is 9.62. The number of carboxylic acid groups (broad SMARTS) is 1. The minimum Gasteiger partial charge on any atom is -0.481 e. The number of methoxy groups -OCH3 is 1. The fourth-order valence-corrected chi connectivity index (χ4v) is 5.31. The SMILES string of the molecule is COCO[C@@H]1[C@@H](C)[C@H](C)[C@@]2(CCCO2)O[C@H]1[C@@H](OCc1ccc2ccccc2c1)[C@H](C)C(=O)O. The molecule has 2 fully saturated rings. The first-order chi connectivity index (χ1) is 16.4. The molecule has 1 N–H and O–H groups in total. The van der Waals surface area contributed by atoms with Crippen LogP contribution in [0, 0.1) is 17.8 Å². The molecule has 7 heteroatoms. The number of hydrogen-bond donors (Lipinski definition) is 1. The van der Waals surface area contributed by atoms with E-state index in [9.17, 15) is 9.90 Å². The van der Waals surface area contributed by atoms with Crippen molar-refractivity contribution in [2.45, 2.75) is 64.3 Å². The molecule has 2 aliphatic rings. The van der Waals surface area contributed by atoms with Crippen LogP contribution >= 0.6 is 0 Å². The standard InChI is InChI=1S/C27H36O7/c1-17-19(3)27(12-7-13-33-27)34-25(23(17)32-16-30-4)24(18(2)26(28)29)31-15-20-10-11-21-8-5-6-9-22(21)14-20/h5-6,8-11,14,17-19,23-25H,7,12-13,15-16H2,1-4H3,(H,28,29)/t17-,18-,19-,23+,24-,25+,27+/m0/s1. The van der Waals surface area contributed by atoms with E-state index >= 15 is 0 Å². The third-order valence-corrected chi connectivity index (χ3v) is 7.52. The number of carboxylic acids is 1. The summed E-state index contributed by atoms with van der Waals surface area (Å²) in [7, 11) is 1.57. The Labute approximate surface area is 201 Å². The molecule has 2 aromatic carbocycles. The van der Waals surface area contributed by atoms with Gasteiger partial charge in [0.15, 0.2) is 5.79 Å². The lowest BCUT2D eigenvalue weighted by Crippen LogP contribution is -2.62. The summed E-state index contributed by atoms with van der Waals surface area (Å²) >= 11 is 0. The van der Waals surface area contributed by atoms with Crippen LogP contribution in [0.15, 0.2) is 42.5 Å². The molecule has 4 rings (SSSR count). The van der Waals surface area contributed by atoms with E-state index in [1.165, 1.54) is 0 Å². The topological polar surface area (TPSA) is 83.5 Å². The largest absolute Gasteiger partial charge is 0.481 e. The quantitative estimate of drug-likeness (QED) is 0.534. The minimum atomic E-state index is -0.940. The van der Waals surface area contributed by atoms with Crippen LogP contribution in [0.4, 0.5) is 0 Å². The molecule has 2 aliphatic heterocycles. The van der Waals surface area contributed by atoms with Crippen molar-refractivity contribution in [1.82, 2.24) is 0 Å². The zero-order valence-corrected chi connectivity index (χ0v) is 20.4. The second-order valence-corrected chi connectivity index (χ2v) is 9.62. The van der Waals surface area contributed by atoms with Crippen LogP contribution in [-0.4, -0.2) is 55.7 Å². The molecule has 0 saturated carbocycles. The zero-order chi connectivity index (χ0) is 24.3. The smallest absolute Gasteiger partial charge is 0.308 e. The van der Waals surface area contributed by atoms with Crippen molar-refractivity contribution < 1.29 is 33.6 Å². The highest BCUT2D eigenvalue weighted by Crippen LogP contribution is 2.47. The number of benzene rings is 2. The Hall–Kier alpha value is -2.03. The summed E-state index contributed by atoms with van der Waals surface area (Å²) in [5, 5.41) is 12.2. The molecule has 0 aromatic heterocycles. The van der Waals surface area contributed by atoms with E-state index in [0.29, 0.717) is 6.61 Å². The summed E-state index contributed by atoms with van der Waals surface area (Å²) in [5.74, 6) is -2.36. The maximum absolute atomic E-state index is 12.1. The fraction of sp³-hybridized carbons (Fsp3) is 0.593. The van der Waals surface area contributed by atoms with E-state index in [1.807, 2.05) is 18.2 Å². The van der Waals surface area contributed by atoms with E-state index in [-0.39, 0.29) is 25.2 Å². The lowest BCUT2D eigenvalue weighted by atomic mass is 9.76. The van der Waals surface area contributed by atoms with Crippen LogP contribution in [-0.2, 0) is 35.1 Å². The van der Waals surface area contributed by atoms with Gasteiger partial charge in [0.05, 0.1) is 31.3 Å². The molecular weight excluding hydrogens is 436 g/mol. The van der Waals surface area contributed by atoms with Crippen LogP contribution < -0.4 is 0 Å². The Balaban J connectivity index is 1.62. The van der Waals surface area contributed by atoms with Crippen molar-refractivity contribution in [2.75, 3.05) is 20.5 Å². The van der Waals surface area contributed by atoms with Gasteiger partial charge in [-0.25, -0.2) is 0 Å². The summed E-state index contributed by atoms with van der Waals surface area (Å²) in [6.45, 7) is 6.87. The molecule has 7 nitrogen and oxygen atoms in total. The Morgan fingerprint density at radius 3 is 2.65 bits per heavy atom. The molecule has 2 aromatic rings. The summed E-state index contributed by atoms with van der Waals surface area (Å²) < 4.78 is 30.4. The molecule has 0 radical (unpaired) electrons. The molecule has 0 amide bonds. The molecule has 2 saturated heterocycles. The lowest BCUT2D eigenvalue weighted by molar-refractivity contribution is -0.347. The first kappa shape index (κ1) is 25.1. The number of ether oxygens (including phenoxy) is 5. The van der Waals surface area contributed by atoms with Gasteiger partial charge < -0.3 is 28.8 Å². The molecule has 186 valence electrons. The molecule has 2 heterocycles. The molecule has 0 aliphatic carbocycles. The van der Waals surface area contributed by atoms with Gasteiger partial charge in [-0.05, 0) is 41.7 Å². The fourth-order valence-electron chi connectivity index (χ4n) is 5.31. The van der Waals surface area contributed by atoms with E-state index in [4.69, 9.17) is 23.7 Å². The Kier molecular flexibility index (Phi) is 7.90. The normalized spacial score (nSPS) is 31.1. The highest BCUT2D eigenvalue weighted by Gasteiger charge is 2.56. The van der Waals surface area contributed by atoms with Crippen molar-refractivity contribution in [1.29, 1.82) is 0 Å². The monoisotopic (exact) mass is 472 g/mol. The van der Waals surface area contributed by atoms with Crippen molar-refractivity contribution in [2.24, 2.45) is 17.8 Å². The molecule has 0 bridgehead atoms. The number of hydrogen-bond acceptors (Lipinski definition) is 6. The number of aliphatic carboxylic acids is 1. The summed E-state index contributed by atoms with van der Waals surface area (Å²) in [4.78, 5) is 12.1. The maximum Gasteiger partial charge on any atom is 0.308 e. The number of carbonyl (C=O) groups is 1. The highest BCUT2D eigenvalue weighted by atomic mass is 16.7. The van der Waals surface area contributed by atoms with Crippen LogP contribution in [0.1, 0.15) is 39.2 Å². The number of rotatable bonds is 9. The summed E-state index contributed by atoms with van der Waals surface area (Å²) in [6.07, 6.45) is -0.0731. The van der Waals surface area contributed by atoms with Crippen molar-refractivity contribution >= 4 is 16.7 Å². The minimum absolute atomic E-state index is 0.0553. The Bertz CT molecular complexity index is 970. The Morgan fingerprint density at radius 1 is 1.21 bits per heavy atom. The van der Waals surface area contributed by atoms with Crippen molar-refractivity contribution in [3.63, 3.8) is 0 Å². The molecule has 34 heavy (non-hydrogen) atoms. The van der Waals surface area contributed by atoms with E-state index < -0.39 is 36.0 Å². The van der Waals surface area contributed by atoms with Crippen LogP contribution in [0.3, 0.4) is 0 Å². The third kappa shape index (κ3) is 4.99. The average Bonchev–Trinajstić information content (AvgIpc) is 3.31. The van der Waals surface area contributed by atoms with Gasteiger partial charge in [0, 0.05) is 19.4 Å². The zero-order valence-electron chi connectivity index (χ0n) is 20.4. The van der Waals surface area contributed by atoms with Gasteiger partial charge in [-0.2, -0.15) is 0 Å². The Morgan fingerprint density at radius 2 is 1.97 bits per heavy atom. The van der Waals surface area contributed by atoms with Crippen molar-refractivity contribution in [3.8, 4) is 0 Å². The van der Waals surface area contributed by atoms with Crippen LogP contribution in [0.5, 0.6) is 0 Å². The van der Waals surface area contributed by atoms with Gasteiger partial charge in [0.25, 0.3) is 0 Å². The first-order valence-electron chi connectivity index (χ1n) is 12.1. The van der Waals surface area contributed by atoms with E-state index in [2.05, 4.69) is 38.1 Å². The third-order valence-electron chi connectivity index (χ3n) is 7.52.